The monoisotopic (exact) mass is 231 g/mol. The molecule has 0 aliphatic rings. The maximum atomic E-state index is 11.3. The van der Waals surface area contributed by atoms with Crippen molar-refractivity contribution in [3.8, 4) is 0 Å². The van der Waals surface area contributed by atoms with E-state index in [4.69, 9.17) is 11.5 Å². The number of carbonyl (C=O) groups excluding carboxylic acids is 2. The van der Waals surface area contributed by atoms with Crippen LogP contribution in [0.2, 0.25) is 0 Å². The number of nitrogens with zero attached hydrogens (tertiary/aromatic N) is 2. The summed E-state index contributed by atoms with van der Waals surface area (Å²) in [6.45, 7) is 0.163. The number of hydrogen-bond acceptors (Lipinski definition) is 7. The number of nitrogens with one attached hydrogen (secondary N) is 1. The smallest absolute Gasteiger partial charge is 0.404 e. The number of anilines is 1. The first-order chi connectivity index (χ1) is 7.09. The fraction of sp³-hybridized carbons (Fsp3) is 0.333. The van der Waals surface area contributed by atoms with Crippen molar-refractivity contribution in [2.24, 2.45) is 5.73 Å². The molecule has 0 saturated carbocycles. The van der Waals surface area contributed by atoms with Crippen LogP contribution in [0.5, 0.6) is 0 Å². The highest BCUT2D eigenvalue weighted by atomic mass is 32.1. The zero-order valence-corrected chi connectivity index (χ0v) is 8.41. The predicted molar refractivity (Wildman–Crippen MR) is 52.2 cm³/mol. The zero-order valence-electron chi connectivity index (χ0n) is 7.60. The van der Waals surface area contributed by atoms with Crippen LogP contribution in [0.25, 0.3) is 0 Å². The summed E-state index contributed by atoms with van der Waals surface area (Å²) in [5.74, 6) is -0.419. The standard InChI is InChI=1S/C6H9N5O3S/c7-5-11-10-4(15-5)3(12)9-1-2-14-6(8)13/h1-2H2,(H2,7,11)(H2,8,13)(H,9,12). The topological polar surface area (TPSA) is 133 Å². The van der Waals surface area contributed by atoms with E-state index in [9.17, 15) is 9.59 Å². The van der Waals surface area contributed by atoms with Crippen LogP contribution in [0.4, 0.5) is 9.93 Å². The Bertz CT molecular complexity index is 365. The fourth-order valence-corrected chi connectivity index (χ4v) is 1.24. The van der Waals surface area contributed by atoms with Crippen molar-refractivity contribution in [2.45, 2.75) is 0 Å². The van der Waals surface area contributed by atoms with Crippen LogP contribution in [0.3, 0.4) is 0 Å². The molecule has 2 amide bonds. The van der Waals surface area contributed by atoms with Crippen molar-refractivity contribution in [2.75, 3.05) is 18.9 Å². The second kappa shape index (κ2) is 5.10. The van der Waals surface area contributed by atoms with E-state index in [1.54, 1.807) is 0 Å². The molecule has 1 aromatic heterocycles. The van der Waals surface area contributed by atoms with Crippen molar-refractivity contribution in [1.29, 1.82) is 0 Å². The number of rotatable bonds is 4. The molecule has 0 aromatic carbocycles. The summed E-state index contributed by atoms with van der Waals surface area (Å²) < 4.78 is 4.40. The van der Waals surface area contributed by atoms with Gasteiger partial charge < -0.3 is 21.5 Å². The summed E-state index contributed by atoms with van der Waals surface area (Å²) in [5, 5.41) is 9.83. The van der Waals surface area contributed by atoms with E-state index in [0.717, 1.165) is 11.3 Å². The molecular weight excluding hydrogens is 222 g/mol. The van der Waals surface area contributed by atoms with Crippen LogP contribution >= 0.6 is 11.3 Å². The molecule has 0 aliphatic carbocycles. The summed E-state index contributed by atoms with van der Waals surface area (Å²) in [5.41, 5.74) is 10.0. The average molecular weight is 231 g/mol. The number of primary amides is 1. The molecule has 82 valence electrons. The van der Waals surface area contributed by atoms with Gasteiger partial charge in [-0.25, -0.2) is 4.79 Å². The van der Waals surface area contributed by atoms with Gasteiger partial charge in [0.1, 0.15) is 6.61 Å². The van der Waals surface area contributed by atoms with Gasteiger partial charge in [0.05, 0.1) is 6.54 Å². The first-order valence-corrected chi connectivity index (χ1v) is 4.70. The highest BCUT2D eigenvalue weighted by Gasteiger charge is 2.10. The number of aromatic nitrogens is 2. The largest absolute Gasteiger partial charge is 0.448 e. The van der Waals surface area contributed by atoms with Gasteiger partial charge >= 0.3 is 6.09 Å². The van der Waals surface area contributed by atoms with Crippen LogP contribution in [0.1, 0.15) is 9.80 Å². The molecule has 0 aliphatic heterocycles. The Balaban J connectivity index is 2.28. The lowest BCUT2D eigenvalue weighted by Crippen LogP contribution is -2.28. The lowest BCUT2D eigenvalue weighted by Gasteiger charge is -2.01. The van der Waals surface area contributed by atoms with Crippen LogP contribution in [-0.2, 0) is 4.74 Å². The van der Waals surface area contributed by atoms with E-state index < -0.39 is 12.0 Å². The van der Waals surface area contributed by atoms with Crippen LogP contribution in [0.15, 0.2) is 0 Å². The Kier molecular flexibility index (Phi) is 3.80. The van der Waals surface area contributed by atoms with Gasteiger partial charge in [0.25, 0.3) is 5.91 Å². The molecule has 0 bridgehead atoms. The van der Waals surface area contributed by atoms with Gasteiger partial charge in [0.15, 0.2) is 0 Å². The van der Waals surface area contributed by atoms with Gasteiger partial charge in [0, 0.05) is 0 Å². The second-order valence-corrected chi connectivity index (χ2v) is 3.38. The number of carbonyl (C=O) groups is 2. The Morgan fingerprint density at radius 3 is 2.73 bits per heavy atom. The number of amides is 2. The van der Waals surface area contributed by atoms with Crippen LogP contribution in [-0.4, -0.2) is 35.3 Å². The first-order valence-electron chi connectivity index (χ1n) is 3.89. The predicted octanol–water partition coefficient (Wildman–Crippen LogP) is -1.05. The minimum atomic E-state index is -0.885. The molecule has 0 radical (unpaired) electrons. The number of nitrogens with two attached hydrogens (primary N) is 2. The molecule has 1 heterocycles. The van der Waals surface area contributed by atoms with E-state index >= 15 is 0 Å². The molecule has 0 spiro atoms. The minimum Gasteiger partial charge on any atom is -0.448 e. The molecule has 5 N–H and O–H groups in total. The third-order valence-electron chi connectivity index (χ3n) is 1.27. The van der Waals surface area contributed by atoms with Crippen molar-refractivity contribution >= 4 is 28.5 Å². The van der Waals surface area contributed by atoms with Crippen molar-refractivity contribution in [3.63, 3.8) is 0 Å². The lowest BCUT2D eigenvalue weighted by atomic mass is 10.6. The molecule has 1 rings (SSSR count). The zero-order chi connectivity index (χ0) is 11.3. The molecule has 15 heavy (non-hydrogen) atoms. The van der Waals surface area contributed by atoms with E-state index in [0.29, 0.717) is 0 Å². The first kappa shape index (κ1) is 11.2. The quantitative estimate of drug-likeness (QED) is 0.566. The van der Waals surface area contributed by atoms with Crippen LogP contribution in [0, 0.1) is 0 Å². The molecule has 0 fully saturated rings. The third kappa shape index (κ3) is 3.77. The molecule has 0 saturated heterocycles. The van der Waals surface area contributed by atoms with Gasteiger partial charge in [0.2, 0.25) is 10.1 Å². The van der Waals surface area contributed by atoms with Crippen molar-refractivity contribution in [3.05, 3.63) is 5.01 Å². The molecular formula is C6H9N5O3S. The van der Waals surface area contributed by atoms with Crippen molar-refractivity contribution in [1.82, 2.24) is 15.5 Å². The Morgan fingerprint density at radius 1 is 1.47 bits per heavy atom. The number of hydrogen-bond donors (Lipinski definition) is 3. The number of ether oxygens (including phenoxy) is 1. The van der Waals surface area contributed by atoms with Crippen molar-refractivity contribution < 1.29 is 14.3 Å². The lowest BCUT2D eigenvalue weighted by molar-refractivity contribution is 0.0935. The van der Waals surface area contributed by atoms with Gasteiger partial charge in [-0.05, 0) is 0 Å². The second-order valence-electron chi connectivity index (χ2n) is 2.37. The summed E-state index contributed by atoms with van der Waals surface area (Å²) in [6, 6.07) is 0. The van der Waals surface area contributed by atoms with Gasteiger partial charge in [-0.1, -0.05) is 11.3 Å². The minimum absolute atomic E-state index is 0.00929. The Labute approximate surface area is 88.6 Å². The molecule has 0 unspecified atom stereocenters. The average Bonchev–Trinajstić information content (AvgIpc) is 2.59. The molecule has 1 aromatic rings. The molecule has 8 nitrogen and oxygen atoms in total. The number of nitrogen functional groups attached to an aromatic ring is 1. The molecule has 9 heteroatoms. The highest BCUT2D eigenvalue weighted by molar-refractivity contribution is 7.16. The SMILES string of the molecule is NC(=O)OCCNC(=O)c1nnc(N)s1. The van der Waals surface area contributed by atoms with Crippen LogP contribution < -0.4 is 16.8 Å². The highest BCUT2D eigenvalue weighted by Crippen LogP contribution is 2.09. The van der Waals surface area contributed by atoms with Gasteiger partial charge in [-0.15, -0.1) is 10.2 Å². The van der Waals surface area contributed by atoms with Gasteiger partial charge in [-0.3, -0.25) is 4.79 Å². The van der Waals surface area contributed by atoms with E-state index in [1.807, 2.05) is 0 Å². The maximum absolute atomic E-state index is 11.3. The fourth-order valence-electron chi connectivity index (χ4n) is 0.718. The third-order valence-corrected chi connectivity index (χ3v) is 2.02. The normalized spacial score (nSPS) is 9.60. The summed E-state index contributed by atoms with van der Waals surface area (Å²) in [4.78, 5) is 21.4. The maximum Gasteiger partial charge on any atom is 0.404 e. The van der Waals surface area contributed by atoms with Gasteiger partial charge in [-0.2, -0.15) is 0 Å². The summed E-state index contributed by atoms with van der Waals surface area (Å²) in [7, 11) is 0. The van der Waals surface area contributed by atoms with E-state index in [1.165, 1.54) is 0 Å². The molecule has 0 atom stereocenters. The summed E-state index contributed by atoms with van der Waals surface area (Å²) >= 11 is 0.971. The van der Waals surface area contributed by atoms with E-state index in [-0.39, 0.29) is 23.3 Å². The Hall–Kier alpha value is -1.90. The Morgan fingerprint density at radius 2 is 2.20 bits per heavy atom. The van der Waals surface area contributed by atoms with E-state index in [2.05, 4.69) is 20.3 Å². The summed E-state index contributed by atoms with van der Waals surface area (Å²) in [6.07, 6.45) is -0.885.